The maximum absolute atomic E-state index is 11.6. The Bertz CT molecular complexity index is 1110. The average Bonchev–Trinajstić information content (AvgIpc) is 3.05. The standard InChI is InChI=1S/C28H46N4O17/c1-9-14(30-6-34)18(38)23(25(42)43-9)48-27-21(41)22(16(32-8-36)12(4)45-27)47-28-24(19(39)15(31-7-35)11(3)46-28)49-26-20(40)17(37)13(29-5-33)10(2)44-26/h5-28,37-42H,1-4H3,(H,29,33)(H,30,34)(H,31,35)(H,32,36)/t9-,10-,11-,12-,13-,14-,15-,16-,17+,18+,19+,20+,21+,22+,23+,24+,25+,26-,27-,28-/m1/s1. The molecule has 20 atom stereocenters. The first-order valence-electron chi connectivity index (χ1n) is 15.7. The summed E-state index contributed by atoms with van der Waals surface area (Å²) in [6.07, 6.45) is -21.8. The Labute approximate surface area is 280 Å². The maximum Gasteiger partial charge on any atom is 0.207 e. The van der Waals surface area contributed by atoms with E-state index < -0.39 is 123 Å². The normalized spacial score (nSPS) is 48.9. The van der Waals surface area contributed by atoms with Crippen LogP contribution >= 0.6 is 0 Å². The Kier molecular flexibility index (Phi) is 13.6. The fraction of sp³-hybridized carbons (Fsp3) is 0.857. The van der Waals surface area contributed by atoms with E-state index in [2.05, 4.69) is 21.3 Å². The Morgan fingerprint density at radius 1 is 0.429 bits per heavy atom. The minimum atomic E-state index is -1.80. The van der Waals surface area contributed by atoms with Gasteiger partial charge in [0, 0.05) is 0 Å². The van der Waals surface area contributed by atoms with Crippen LogP contribution in [-0.4, -0.2) is 179 Å². The Morgan fingerprint density at radius 3 is 1.33 bits per heavy atom. The summed E-state index contributed by atoms with van der Waals surface area (Å²) in [7, 11) is 0. The summed E-state index contributed by atoms with van der Waals surface area (Å²) in [5.41, 5.74) is 0. The second-order valence-electron chi connectivity index (χ2n) is 12.4. The summed E-state index contributed by atoms with van der Waals surface area (Å²) in [5, 5.41) is 75.4. The van der Waals surface area contributed by atoms with Crippen molar-refractivity contribution in [3.63, 3.8) is 0 Å². The van der Waals surface area contributed by atoms with Crippen molar-refractivity contribution >= 4 is 25.6 Å². The van der Waals surface area contributed by atoms with E-state index in [1.165, 1.54) is 27.7 Å². The molecule has 4 amide bonds. The Morgan fingerprint density at radius 2 is 0.796 bits per heavy atom. The number of aliphatic hydroxyl groups is 6. The summed E-state index contributed by atoms with van der Waals surface area (Å²) in [6.45, 7) is 5.99. The Hall–Kier alpha value is -2.64. The molecule has 0 radical (unpaired) electrons. The molecule has 0 saturated carbocycles. The lowest BCUT2D eigenvalue weighted by atomic mass is 9.93. The molecule has 0 aromatic rings. The van der Waals surface area contributed by atoms with E-state index in [4.69, 9.17) is 33.2 Å². The maximum atomic E-state index is 11.6. The lowest BCUT2D eigenvalue weighted by Crippen LogP contribution is -2.70. The molecule has 21 heteroatoms. The van der Waals surface area contributed by atoms with Crippen LogP contribution in [0.5, 0.6) is 0 Å². The van der Waals surface area contributed by atoms with Gasteiger partial charge in [0.25, 0.3) is 0 Å². The molecule has 21 nitrogen and oxygen atoms in total. The number of nitrogens with one attached hydrogen (secondary N) is 4. The predicted molar refractivity (Wildman–Crippen MR) is 156 cm³/mol. The number of hydrogen-bond donors (Lipinski definition) is 10. The SMILES string of the molecule is C[C@H]1O[C@H](O[C@@H]2[C@@H](O[C@@H]3[C@H](O)[C@@H](O[C@H]4[C@@H](O)[C@H](NC=O)[C@@H](C)O[C@@H]4O)O[C@H](C)[C@H]3NC=O)O[C@H](C)[C@@H](NC=O)[C@@H]2O)[C@@H](O)[C@@H](O)[C@@H]1NC=O. The van der Waals surface area contributed by atoms with Crippen LogP contribution in [0, 0.1) is 0 Å². The zero-order valence-electron chi connectivity index (χ0n) is 27.0. The minimum Gasteiger partial charge on any atom is -0.388 e. The smallest absolute Gasteiger partial charge is 0.207 e. The number of rotatable bonds is 14. The molecule has 0 aromatic carbocycles. The van der Waals surface area contributed by atoms with Crippen LogP contribution in [0.3, 0.4) is 0 Å². The van der Waals surface area contributed by atoms with Gasteiger partial charge < -0.3 is 85.1 Å². The largest absolute Gasteiger partial charge is 0.388 e. The number of amides is 4. The van der Waals surface area contributed by atoms with E-state index in [1.807, 2.05) is 0 Å². The van der Waals surface area contributed by atoms with Crippen molar-refractivity contribution in [1.82, 2.24) is 21.3 Å². The van der Waals surface area contributed by atoms with E-state index >= 15 is 0 Å². The van der Waals surface area contributed by atoms with Gasteiger partial charge in [0.05, 0.1) is 48.6 Å². The molecule has 4 rings (SSSR count). The molecular formula is C28H46N4O17. The average molecular weight is 711 g/mol. The zero-order chi connectivity index (χ0) is 36.2. The first-order valence-corrected chi connectivity index (χ1v) is 15.7. The highest BCUT2D eigenvalue weighted by atomic mass is 16.8. The van der Waals surface area contributed by atoms with Crippen molar-refractivity contribution in [2.24, 2.45) is 0 Å². The monoisotopic (exact) mass is 710 g/mol. The van der Waals surface area contributed by atoms with Gasteiger partial charge in [0.15, 0.2) is 25.2 Å². The zero-order valence-corrected chi connectivity index (χ0v) is 27.0. The molecular weight excluding hydrogens is 664 g/mol. The number of carbonyl (C=O) groups excluding carboxylic acids is 4. The van der Waals surface area contributed by atoms with Crippen molar-refractivity contribution < 1.29 is 83.0 Å². The summed E-state index contributed by atoms with van der Waals surface area (Å²) in [5.74, 6) is 0. The molecule has 4 aliphatic rings. The first kappa shape index (κ1) is 39.2. The summed E-state index contributed by atoms with van der Waals surface area (Å²) >= 11 is 0. The van der Waals surface area contributed by atoms with Gasteiger partial charge in [-0.05, 0) is 27.7 Å². The fourth-order valence-corrected chi connectivity index (χ4v) is 6.59. The highest BCUT2D eigenvalue weighted by Gasteiger charge is 2.55. The predicted octanol–water partition coefficient (Wildman–Crippen LogP) is -6.62. The molecule has 0 spiro atoms. The van der Waals surface area contributed by atoms with Crippen LogP contribution < -0.4 is 21.3 Å². The third-order valence-electron chi connectivity index (χ3n) is 9.26. The molecule has 4 fully saturated rings. The number of ether oxygens (including phenoxy) is 7. The van der Waals surface area contributed by atoms with Crippen LogP contribution in [0.1, 0.15) is 27.7 Å². The van der Waals surface area contributed by atoms with Gasteiger partial charge in [-0.3, -0.25) is 19.2 Å². The first-order chi connectivity index (χ1) is 23.3. The second-order valence-corrected chi connectivity index (χ2v) is 12.4. The quantitative estimate of drug-likeness (QED) is 0.0749. The van der Waals surface area contributed by atoms with Crippen molar-refractivity contribution in [2.45, 2.75) is 150 Å². The van der Waals surface area contributed by atoms with E-state index in [9.17, 15) is 49.8 Å². The van der Waals surface area contributed by atoms with Gasteiger partial charge in [0.2, 0.25) is 25.6 Å². The molecule has 0 unspecified atom stereocenters. The third-order valence-corrected chi connectivity index (χ3v) is 9.26. The van der Waals surface area contributed by atoms with Crippen molar-refractivity contribution in [3.8, 4) is 0 Å². The number of hydrogen-bond acceptors (Lipinski definition) is 17. The van der Waals surface area contributed by atoms with Gasteiger partial charge in [-0.25, -0.2) is 0 Å². The van der Waals surface area contributed by atoms with Crippen LogP contribution in [-0.2, 0) is 52.3 Å². The summed E-state index contributed by atoms with van der Waals surface area (Å²) in [6, 6.07) is -4.21. The summed E-state index contributed by atoms with van der Waals surface area (Å²) in [4.78, 5) is 45.1. The van der Waals surface area contributed by atoms with Crippen LogP contribution in [0.2, 0.25) is 0 Å². The molecule has 0 aromatic heterocycles. The molecule has 4 aliphatic heterocycles. The van der Waals surface area contributed by atoms with Crippen molar-refractivity contribution in [3.05, 3.63) is 0 Å². The topological polar surface area (TPSA) is 302 Å². The molecule has 4 saturated heterocycles. The molecule has 0 aliphatic carbocycles. The van der Waals surface area contributed by atoms with E-state index in [1.54, 1.807) is 0 Å². The molecule has 10 N–H and O–H groups in total. The minimum absolute atomic E-state index is 0.323. The highest BCUT2D eigenvalue weighted by Crippen LogP contribution is 2.34. The summed E-state index contributed by atoms with van der Waals surface area (Å²) < 4.78 is 40.7. The molecule has 280 valence electrons. The van der Waals surface area contributed by atoms with E-state index in [0.29, 0.717) is 25.6 Å². The van der Waals surface area contributed by atoms with Crippen LogP contribution in [0.25, 0.3) is 0 Å². The molecule has 49 heavy (non-hydrogen) atoms. The second kappa shape index (κ2) is 17.0. The van der Waals surface area contributed by atoms with Gasteiger partial charge in [-0.2, -0.15) is 0 Å². The number of aliphatic hydroxyl groups excluding tert-OH is 6. The van der Waals surface area contributed by atoms with Crippen molar-refractivity contribution in [2.75, 3.05) is 0 Å². The third kappa shape index (κ3) is 8.30. The number of carbonyl (C=O) groups is 4. The molecule has 4 heterocycles. The van der Waals surface area contributed by atoms with Gasteiger partial charge in [-0.15, -0.1) is 0 Å². The van der Waals surface area contributed by atoms with Gasteiger partial charge >= 0.3 is 0 Å². The van der Waals surface area contributed by atoms with Crippen LogP contribution in [0.4, 0.5) is 0 Å². The Balaban J connectivity index is 1.60. The van der Waals surface area contributed by atoms with Gasteiger partial charge in [0.1, 0.15) is 48.8 Å². The lowest BCUT2D eigenvalue weighted by molar-refractivity contribution is -0.375. The van der Waals surface area contributed by atoms with Crippen molar-refractivity contribution in [1.29, 1.82) is 0 Å². The van der Waals surface area contributed by atoms with E-state index in [0.717, 1.165) is 0 Å². The van der Waals surface area contributed by atoms with Crippen LogP contribution in [0.15, 0.2) is 0 Å². The fourth-order valence-electron chi connectivity index (χ4n) is 6.59. The van der Waals surface area contributed by atoms with Gasteiger partial charge in [-0.1, -0.05) is 0 Å². The van der Waals surface area contributed by atoms with E-state index in [-0.39, 0.29) is 0 Å². The lowest BCUT2D eigenvalue weighted by Gasteiger charge is -2.50. The highest BCUT2D eigenvalue weighted by molar-refractivity contribution is 5.48. The molecule has 0 bridgehead atoms.